The largest absolute Gasteiger partial charge is 0.357 e. The summed E-state index contributed by atoms with van der Waals surface area (Å²) in [6, 6.07) is 9.02. The van der Waals surface area contributed by atoms with Crippen molar-refractivity contribution in [2.45, 2.75) is 58.0 Å². The Morgan fingerprint density at radius 3 is 2.68 bits per heavy atom. The highest BCUT2D eigenvalue weighted by atomic mass is 15.3. The van der Waals surface area contributed by atoms with E-state index in [1.54, 1.807) is 0 Å². The van der Waals surface area contributed by atoms with Gasteiger partial charge in [-0.15, -0.1) is 0 Å². The molecule has 6 heteroatoms. The summed E-state index contributed by atoms with van der Waals surface area (Å²) in [5.74, 6) is 1.57. The lowest BCUT2D eigenvalue weighted by Gasteiger charge is -2.22. The minimum atomic E-state index is 0.537. The molecule has 2 aromatic rings. The number of guanidine groups is 1. The van der Waals surface area contributed by atoms with Gasteiger partial charge in [0.15, 0.2) is 5.96 Å². The van der Waals surface area contributed by atoms with Gasteiger partial charge in [-0.05, 0) is 56.0 Å². The molecule has 2 saturated heterocycles. The number of hydrogen-bond acceptors (Lipinski definition) is 3. The molecule has 1 aromatic heterocycles. The van der Waals surface area contributed by atoms with Crippen LogP contribution in [0.5, 0.6) is 0 Å². The van der Waals surface area contributed by atoms with Gasteiger partial charge in [-0.3, -0.25) is 9.58 Å². The van der Waals surface area contributed by atoms with E-state index in [4.69, 9.17) is 4.99 Å². The van der Waals surface area contributed by atoms with Crippen LogP contribution in [0, 0.1) is 0 Å². The predicted octanol–water partition coefficient (Wildman–Crippen LogP) is 3.75. The molecule has 0 bridgehead atoms. The zero-order valence-corrected chi connectivity index (χ0v) is 19.3. The van der Waals surface area contributed by atoms with E-state index in [0.717, 1.165) is 45.1 Å². The third-order valence-electron chi connectivity index (χ3n) is 6.53. The van der Waals surface area contributed by atoms with E-state index < -0.39 is 0 Å². The topological polar surface area (TPSA) is 48.7 Å². The number of hydrogen-bond donors (Lipinski definition) is 1. The second kappa shape index (κ2) is 10.8. The number of aryl methyl sites for hydroxylation is 1. The van der Waals surface area contributed by atoms with Crippen molar-refractivity contribution in [3.63, 3.8) is 0 Å². The van der Waals surface area contributed by atoms with Gasteiger partial charge in [0.1, 0.15) is 0 Å². The van der Waals surface area contributed by atoms with Gasteiger partial charge in [-0.1, -0.05) is 37.1 Å². The van der Waals surface area contributed by atoms with Gasteiger partial charge in [0.25, 0.3) is 0 Å². The number of aromatic nitrogens is 2. The molecule has 168 valence electrons. The summed E-state index contributed by atoms with van der Waals surface area (Å²) in [7, 11) is 1.99. The van der Waals surface area contributed by atoms with Crippen LogP contribution in [0.4, 0.5) is 0 Å². The normalized spacial score (nSPS) is 20.8. The quantitative estimate of drug-likeness (QED) is 0.569. The summed E-state index contributed by atoms with van der Waals surface area (Å²) in [5.41, 5.74) is 4.05. The molecule has 0 amide bonds. The Kier molecular flexibility index (Phi) is 7.62. The van der Waals surface area contributed by atoms with Crippen LogP contribution in [0.25, 0.3) is 0 Å². The Labute approximate surface area is 187 Å². The number of likely N-dealkylation sites (tertiary alicyclic amines) is 2. The average molecular weight is 423 g/mol. The summed E-state index contributed by atoms with van der Waals surface area (Å²) < 4.78 is 1.90. The van der Waals surface area contributed by atoms with Crippen LogP contribution in [0.1, 0.15) is 61.6 Å². The van der Waals surface area contributed by atoms with Gasteiger partial charge in [-0.2, -0.15) is 5.10 Å². The van der Waals surface area contributed by atoms with E-state index in [-0.39, 0.29) is 0 Å². The minimum Gasteiger partial charge on any atom is -0.357 e. The third-order valence-corrected chi connectivity index (χ3v) is 6.53. The van der Waals surface area contributed by atoms with E-state index in [1.165, 1.54) is 55.5 Å². The molecule has 2 aliphatic heterocycles. The lowest BCUT2D eigenvalue weighted by Crippen LogP contribution is -2.40. The van der Waals surface area contributed by atoms with Crippen LogP contribution in [0.3, 0.4) is 0 Å². The lowest BCUT2D eigenvalue weighted by atomic mass is 10.0. The van der Waals surface area contributed by atoms with Crippen molar-refractivity contribution in [3.05, 3.63) is 53.3 Å². The highest BCUT2D eigenvalue weighted by Gasteiger charge is 2.26. The zero-order valence-electron chi connectivity index (χ0n) is 19.3. The summed E-state index contributed by atoms with van der Waals surface area (Å²) in [5, 5.41) is 7.85. The van der Waals surface area contributed by atoms with Crippen molar-refractivity contribution in [2.75, 3.05) is 32.7 Å². The molecule has 0 saturated carbocycles. The van der Waals surface area contributed by atoms with Gasteiger partial charge < -0.3 is 10.2 Å². The van der Waals surface area contributed by atoms with Crippen molar-refractivity contribution < 1.29 is 0 Å². The highest BCUT2D eigenvalue weighted by molar-refractivity contribution is 5.80. The average Bonchev–Trinajstić information content (AvgIpc) is 3.35. The molecule has 31 heavy (non-hydrogen) atoms. The molecule has 0 radical (unpaired) electrons. The summed E-state index contributed by atoms with van der Waals surface area (Å²) in [6.07, 6.45) is 10.8. The molecule has 4 rings (SSSR count). The van der Waals surface area contributed by atoms with Gasteiger partial charge in [0, 0.05) is 45.3 Å². The van der Waals surface area contributed by atoms with Crippen LogP contribution in [-0.4, -0.2) is 58.3 Å². The molecular weight excluding hydrogens is 384 g/mol. The Morgan fingerprint density at radius 1 is 1.13 bits per heavy atom. The number of rotatable bonds is 6. The minimum absolute atomic E-state index is 0.537. The first-order chi connectivity index (χ1) is 15.2. The maximum Gasteiger partial charge on any atom is 0.194 e. The van der Waals surface area contributed by atoms with Crippen molar-refractivity contribution in [2.24, 2.45) is 12.0 Å². The SMILES string of the molecule is CCNC(=NCc1cccc(CN2CCCCCC2)c1)N1CCC(c2cnn(C)c2)C1. The summed E-state index contributed by atoms with van der Waals surface area (Å²) in [4.78, 5) is 10.0. The standard InChI is InChI=1S/C25H38N6/c1-3-26-25(31-14-11-23(20-31)24-17-28-29(2)19-24)27-16-21-9-8-10-22(15-21)18-30-12-6-4-5-7-13-30/h8-10,15,17,19,23H,3-7,11-14,16,18,20H2,1-2H3,(H,26,27). The van der Waals surface area contributed by atoms with Crippen molar-refractivity contribution in [1.29, 1.82) is 0 Å². The molecule has 1 atom stereocenters. The monoisotopic (exact) mass is 422 g/mol. The first kappa shape index (κ1) is 21.9. The van der Waals surface area contributed by atoms with Crippen LogP contribution < -0.4 is 5.32 Å². The molecule has 6 nitrogen and oxygen atoms in total. The van der Waals surface area contributed by atoms with Gasteiger partial charge >= 0.3 is 0 Å². The molecule has 2 aliphatic rings. The third kappa shape index (κ3) is 6.10. The Balaban J connectivity index is 1.38. The predicted molar refractivity (Wildman–Crippen MR) is 127 cm³/mol. The fourth-order valence-corrected chi connectivity index (χ4v) is 4.85. The Hall–Kier alpha value is -2.34. The maximum absolute atomic E-state index is 5.00. The highest BCUT2D eigenvalue weighted by Crippen LogP contribution is 2.26. The number of aliphatic imine (C=N–C) groups is 1. The van der Waals surface area contributed by atoms with E-state index in [9.17, 15) is 0 Å². The van der Waals surface area contributed by atoms with Gasteiger partial charge in [0.05, 0.1) is 12.7 Å². The van der Waals surface area contributed by atoms with E-state index in [1.807, 2.05) is 17.9 Å². The fourth-order valence-electron chi connectivity index (χ4n) is 4.85. The van der Waals surface area contributed by atoms with E-state index in [2.05, 4.69) is 57.6 Å². The maximum atomic E-state index is 5.00. The van der Waals surface area contributed by atoms with E-state index >= 15 is 0 Å². The van der Waals surface area contributed by atoms with Gasteiger partial charge in [0.2, 0.25) is 0 Å². The number of benzene rings is 1. The first-order valence-electron chi connectivity index (χ1n) is 12.0. The van der Waals surface area contributed by atoms with Crippen LogP contribution in [-0.2, 0) is 20.1 Å². The van der Waals surface area contributed by atoms with Crippen molar-refractivity contribution >= 4 is 5.96 Å². The van der Waals surface area contributed by atoms with Crippen molar-refractivity contribution in [1.82, 2.24) is 24.9 Å². The summed E-state index contributed by atoms with van der Waals surface area (Å²) in [6.45, 7) is 9.35. The van der Waals surface area contributed by atoms with Gasteiger partial charge in [-0.25, -0.2) is 4.99 Å². The van der Waals surface area contributed by atoms with Crippen LogP contribution in [0.2, 0.25) is 0 Å². The summed E-state index contributed by atoms with van der Waals surface area (Å²) >= 11 is 0. The second-order valence-corrected chi connectivity index (χ2v) is 9.06. The zero-order chi connectivity index (χ0) is 21.5. The fraction of sp³-hybridized carbons (Fsp3) is 0.600. The molecule has 0 aliphatic carbocycles. The molecule has 1 aromatic carbocycles. The lowest BCUT2D eigenvalue weighted by molar-refractivity contribution is 0.277. The number of nitrogens with one attached hydrogen (secondary N) is 1. The smallest absolute Gasteiger partial charge is 0.194 e. The first-order valence-corrected chi connectivity index (χ1v) is 12.0. The van der Waals surface area contributed by atoms with Crippen LogP contribution >= 0.6 is 0 Å². The second-order valence-electron chi connectivity index (χ2n) is 9.06. The molecule has 1 unspecified atom stereocenters. The Morgan fingerprint density at radius 2 is 1.94 bits per heavy atom. The molecular formula is C25H38N6. The van der Waals surface area contributed by atoms with Crippen molar-refractivity contribution in [3.8, 4) is 0 Å². The molecule has 0 spiro atoms. The molecule has 1 N–H and O–H groups in total. The number of nitrogens with zero attached hydrogens (tertiary/aromatic N) is 5. The molecule has 3 heterocycles. The Bertz CT molecular complexity index is 849. The van der Waals surface area contributed by atoms with E-state index in [0.29, 0.717) is 5.92 Å². The molecule has 2 fully saturated rings. The van der Waals surface area contributed by atoms with Crippen LogP contribution in [0.15, 0.2) is 41.7 Å².